The Bertz CT molecular complexity index is 928. The zero-order valence-corrected chi connectivity index (χ0v) is 18.5. The third kappa shape index (κ3) is 6.88. The number of aryl methyl sites for hydroxylation is 2. The molecule has 0 bridgehead atoms. The molecule has 0 aliphatic rings. The first-order chi connectivity index (χ1) is 14.2. The fourth-order valence-electron chi connectivity index (χ4n) is 2.97. The van der Waals surface area contributed by atoms with Crippen molar-refractivity contribution in [3.63, 3.8) is 0 Å². The lowest BCUT2D eigenvalue weighted by molar-refractivity contribution is -0.125. The molecular weight excluding hydrogens is 402 g/mol. The normalized spacial score (nSPS) is 11.7. The second-order valence-electron chi connectivity index (χ2n) is 7.72. The summed E-state index contributed by atoms with van der Waals surface area (Å²) in [6.45, 7) is 7.45. The van der Waals surface area contributed by atoms with Gasteiger partial charge in [0.25, 0.3) is 5.91 Å². The Morgan fingerprint density at radius 3 is 2.37 bits per heavy atom. The van der Waals surface area contributed by atoms with E-state index in [9.17, 15) is 14.4 Å². The zero-order chi connectivity index (χ0) is 22.3. The van der Waals surface area contributed by atoms with Crippen molar-refractivity contribution < 1.29 is 14.4 Å². The van der Waals surface area contributed by atoms with Crippen molar-refractivity contribution in [1.82, 2.24) is 10.6 Å². The lowest BCUT2D eigenvalue weighted by Crippen LogP contribution is -2.49. The van der Waals surface area contributed by atoms with Gasteiger partial charge in [0.05, 0.1) is 17.3 Å². The number of halogens is 1. The Labute approximate surface area is 182 Å². The van der Waals surface area contributed by atoms with Crippen LogP contribution in [-0.4, -0.2) is 30.3 Å². The highest BCUT2D eigenvalue weighted by molar-refractivity contribution is 6.33. The summed E-state index contributed by atoms with van der Waals surface area (Å²) in [6.07, 6.45) is 0.453. The number of hydrogen-bond donors (Lipinski definition) is 3. The topological polar surface area (TPSA) is 87.3 Å². The first-order valence-electron chi connectivity index (χ1n) is 9.87. The molecule has 0 saturated heterocycles. The van der Waals surface area contributed by atoms with E-state index in [1.807, 2.05) is 45.9 Å². The molecule has 6 nitrogen and oxygen atoms in total. The quantitative estimate of drug-likeness (QED) is 0.595. The summed E-state index contributed by atoms with van der Waals surface area (Å²) in [5.41, 5.74) is 2.80. The minimum absolute atomic E-state index is 0.179. The molecule has 160 valence electrons. The van der Waals surface area contributed by atoms with Crippen molar-refractivity contribution in [2.45, 2.75) is 40.2 Å². The fraction of sp³-hybridized carbons (Fsp3) is 0.348. The van der Waals surface area contributed by atoms with Crippen LogP contribution < -0.4 is 16.0 Å². The molecule has 0 heterocycles. The molecule has 3 amide bonds. The van der Waals surface area contributed by atoms with Crippen LogP contribution in [0.15, 0.2) is 42.5 Å². The van der Waals surface area contributed by atoms with E-state index in [4.69, 9.17) is 11.6 Å². The predicted octanol–water partition coefficient (Wildman–Crippen LogP) is 3.86. The second-order valence-corrected chi connectivity index (χ2v) is 8.13. The number of nitrogens with one attached hydrogen (secondary N) is 3. The van der Waals surface area contributed by atoms with Crippen LogP contribution in [0.1, 0.15) is 41.8 Å². The van der Waals surface area contributed by atoms with E-state index >= 15 is 0 Å². The molecule has 7 heteroatoms. The van der Waals surface area contributed by atoms with E-state index in [0.29, 0.717) is 22.7 Å². The molecule has 30 heavy (non-hydrogen) atoms. The molecule has 1 unspecified atom stereocenters. The molecule has 0 aromatic heterocycles. The van der Waals surface area contributed by atoms with Gasteiger partial charge in [-0.05, 0) is 55.5 Å². The number of carbonyl (C=O) groups excluding carboxylic acids is 3. The first-order valence-corrected chi connectivity index (χ1v) is 10.3. The van der Waals surface area contributed by atoms with E-state index in [0.717, 1.165) is 11.1 Å². The second kappa shape index (κ2) is 10.8. The zero-order valence-electron chi connectivity index (χ0n) is 17.7. The Hall–Kier alpha value is -2.86. The van der Waals surface area contributed by atoms with Gasteiger partial charge < -0.3 is 16.0 Å². The predicted molar refractivity (Wildman–Crippen MR) is 120 cm³/mol. The van der Waals surface area contributed by atoms with Crippen molar-refractivity contribution >= 4 is 35.0 Å². The first kappa shape index (κ1) is 23.4. The van der Waals surface area contributed by atoms with E-state index in [1.54, 1.807) is 24.3 Å². The third-order valence-electron chi connectivity index (χ3n) is 4.54. The van der Waals surface area contributed by atoms with Crippen LogP contribution in [-0.2, 0) is 9.59 Å². The summed E-state index contributed by atoms with van der Waals surface area (Å²) in [6, 6.07) is 11.7. The number of benzene rings is 2. The van der Waals surface area contributed by atoms with E-state index in [2.05, 4.69) is 16.0 Å². The maximum absolute atomic E-state index is 12.7. The van der Waals surface area contributed by atoms with Crippen LogP contribution >= 0.6 is 11.6 Å². The van der Waals surface area contributed by atoms with Crippen LogP contribution in [0.4, 0.5) is 5.69 Å². The van der Waals surface area contributed by atoms with Gasteiger partial charge in [0, 0.05) is 5.56 Å². The molecule has 3 N–H and O–H groups in total. The molecule has 0 fully saturated rings. The standard InChI is InChI=1S/C23H28ClN3O3/c1-14(2)11-20(27-22(29)17-8-6-5-7-16(17)4)23(30)25-13-21(28)26-19-10-9-15(3)12-18(19)24/h5-10,12,14,20H,11,13H2,1-4H3,(H,25,30)(H,26,28)(H,27,29). The molecule has 0 aliphatic heterocycles. The van der Waals surface area contributed by atoms with Gasteiger partial charge in [-0.1, -0.05) is 49.7 Å². The Morgan fingerprint density at radius 2 is 1.73 bits per heavy atom. The smallest absolute Gasteiger partial charge is 0.252 e. The van der Waals surface area contributed by atoms with Gasteiger partial charge in [0.15, 0.2) is 0 Å². The lowest BCUT2D eigenvalue weighted by Gasteiger charge is -2.20. The number of rotatable bonds is 8. The average molecular weight is 430 g/mol. The van der Waals surface area contributed by atoms with Gasteiger partial charge in [-0.3, -0.25) is 14.4 Å². The SMILES string of the molecule is Cc1ccc(NC(=O)CNC(=O)C(CC(C)C)NC(=O)c2ccccc2C)c(Cl)c1. The molecule has 0 aliphatic carbocycles. The molecule has 0 radical (unpaired) electrons. The maximum Gasteiger partial charge on any atom is 0.252 e. The number of anilines is 1. The van der Waals surface area contributed by atoms with E-state index < -0.39 is 17.9 Å². The van der Waals surface area contributed by atoms with Crippen LogP contribution in [0.25, 0.3) is 0 Å². The van der Waals surface area contributed by atoms with E-state index in [-0.39, 0.29) is 18.4 Å². The van der Waals surface area contributed by atoms with Crippen LogP contribution in [0, 0.1) is 19.8 Å². The van der Waals surface area contributed by atoms with Gasteiger partial charge in [0.2, 0.25) is 11.8 Å². The molecule has 0 spiro atoms. The van der Waals surface area contributed by atoms with Crippen molar-refractivity contribution in [1.29, 1.82) is 0 Å². The summed E-state index contributed by atoms with van der Waals surface area (Å²) in [4.78, 5) is 37.5. The highest BCUT2D eigenvalue weighted by Crippen LogP contribution is 2.22. The number of amides is 3. The summed E-state index contributed by atoms with van der Waals surface area (Å²) >= 11 is 6.12. The van der Waals surface area contributed by atoms with Gasteiger partial charge >= 0.3 is 0 Å². The summed E-state index contributed by atoms with van der Waals surface area (Å²) in [5.74, 6) is -0.943. The number of hydrogen-bond acceptors (Lipinski definition) is 3. The Morgan fingerprint density at radius 1 is 1.03 bits per heavy atom. The van der Waals surface area contributed by atoms with E-state index in [1.165, 1.54) is 0 Å². The van der Waals surface area contributed by atoms with Crippen molar-refractivity contribution in [2.24, 2.45) is 5.92 Å². The molecule has 0 saturated carbocycles. The summed E-state index contributed by atoms with van der Waals surface area (Å²) in [7, 11) is 0. The van der Waals surface area contributed by atoms with Crippen molar-refractivity contribution in [3.8, 4) is 0 Å². The number of carbonyl (C=O) groups is 3. The highest BCUT2D eigenvalue weighted by atomic mass is 35.5. The fourth-order valence-corrected chi connectivity index (χ4v) is 3.26. The van der Waals surface area contributed by atoms with Crippen molar-refractivity contribution in [3.05, 3.63) is 64.2 Å². The van der Waals surface area contributed by atoms with Crippen LogP contribution in [0.5, 0.6) is 0 Å². The molecule has 2 aromatic rings. The third-order valence-corrected chi connectivity index (χ3v) is 4.85. The van der Waals surface area contributed by atoms with Gasteiger partial charge in [-0.15, -0.1) is 0 Å². The molecule has 2 rings (SSSR count). The van der Waals surface area contributed by atoms with Crippen LogP contribution in [0.2, 0.25) is 5.02 Å². The Balaban J connectivity index is 1.98. The maximum atomic E-state index is 12.7. The molecule has 1 atom stereocenters. The highest BCUT2D eigenvalue weighted by Gasteiger charge is 2.23. The monoisotopic (exact) mass is 429 g/mol. The summed E-state index contributed by atoms with van der Waals surface area (Å²) < 4.78 is 0. The minimum Gasteiger partial charge on any atom is -0.345 e. The van der Waals surface area contributed by atoms with Gasteiger partial charge in [-0.2, -0.15) is 0 Å². The largest absolute Gasteiger partial charge is 0.345 e. The average Bonchev–Trinajstić information content (AvgIpc) is 2.67. The van der Waals surface area contributed by atoms with Gasteiger partial charge in [-0.25, -0.2) is 0 Å². The summed E-state index contributed by atoms with van der Waals surface area (Å²) in [5, 5.41) is 8.49. The van der Waals surface area contributed by atoms with Gasteiger partial charge in [0.1, 0.15) is 6.04 Å². The molecule has 2 aromatic carbocycles. The molecular formula is C23H28ClN3O3. The van der Waals surface area contributed by atoms with Crippen LogP contribution in [0.3, 0.4) is 0 Å². The minimum atomic E-state index is -0.743. The lowest BCUT2D eigenvalue weighted by atomic mass is 10.0. The Kier molecular flexibility index (Phi) is 8.42. The van der Waals surface area contributed by atoms with Crippen molar-refractivity contribution in [2.75, 3.05) is 11.9 Å².